The predicted molar refractivity (Wildman–Crippen MR) is 77.5 cm³/mol. The molecule has 0 unspecified atom stereocenters. The summed E-state index contributed by atoms with van der Waals surface area (Å²) in [6.45, 7) is 0.833. The third-order valence-electron chi connectivity index (χ3n) is 3.63. The van der Waals surface area contributed by atoms with Gasteiger partial charge in [0.15, 0.2) is 5.82 Å². The summed E-state index contributed by atoms with van der Waals surface area (Å²) in [5, 5.41) is 17.8. The summed E-state index contributed by atoms with van der Waals surface area (Å²) in [5.74, 6) is 1.20. The molecule has 0 aliphatic carbocycles. The van der Waals surface area contributed by atoms with Crippen molar-refractivity contribution in [1.82, 2.24) is 14.8 Å². The van der Waals surface area contributed by atoms with Crippen molar-refractivity contribution in [1.29, 1.82) is 5.26 Å². The molecule has 1 aliphatic rings. The van der Waals surface area contributed by atoms with Crippen molar-refractivity contribution in [3.8, 4) is 6.07 Å². The second-order valence-electron chi connectivity index (χ2n) is 5.13. The molecule has 0 N–H and O–H groups in total. The fourth-order valence-corrected chi connectivity index (χ4v) is 2.59. The number of nitrogens with zero attached hydrogens (tertiary/aromatic N) is 4. The molecule has 2 aromatic rings. The molecule has 0 saturated heterocycles. The highest BCUT2D eigenvalue weighted by atomic mass is 19.1. The van der Waals surface area contributed by atoms with Crippen LogP contribution in [0.1, 0.15) is 36.5 Å². The number of aryl methyl sites for hydroxylation is 1. The molecular formula is C16H15FN4. The third kappa shape index (κ3) is 2.84. The molecule has 0 spiro atoms. The Morgan fingerprint density at radius 3 is 3.00 bits per heavy atom. The Kier molecular flexibility index (Phi) is 3.78. The molecular weight excluding hydrogens is 267 g/mol. The molecule has 0 bridgehead atoms. The zero-order valence-corrected chi connectivity index (χ0v) is 11.6. The minimum atomic E-state index is -0.318. The minimum Gasteiger partial charge on any atom is -0.310 e. The lowest BCUT2D eigenvalue weighted by atomic mass is 10.1. The molecule has 0 saturated carbocycles. The Balaban J connectivity index is 2.01. The molecule has 2 heterocycles. The molecule has 21 heavy (non-hydrogen) atoms. The van der Waals surface area contributed by atoms with Crippen LogP contribution in [0.25, 0.3) is 11.6 Å². The number of hydrogen-bond donors (Lipinski definition) is 0. The lowest BCUT2D eigenvalue weighted by Crippen LogP contribution is -2.05. The van der Waals surface area contributed by atoms with Crippen molar-refractivity contribution in [2.75, 3.05) is 0 Å². The summed E-state index contributed by atoms with van der Waals surface area (Å²) in [6, 6.07) is 8.33. The number of rotatable bonds is 2. The van der Waals surface area contributed by atoms with Gasteiger partial charge in [-0.2, -0.15) is 5.26 Å². The summed E-state index contributed by atoms with van der Waals surface area (Å²) < 4.78 is 15.3. The summed E-state index contributed by atoms with van der Waals surface area (Å²) in [4.78, 5) is 0. The highest BCUT2D eigenvalue weighted by molar-refractivity contribution is 5.87. The summed E-state index contributed by atoms with van der Waals surface area (Å²) in [5.41, 5.74) is 1.07. The van der Waals surface area contributed by atoms with E-state index in [0.717, 1.165) is 38.1 Å². The van der Waals surface area contributed by atoms with Crippen LogP contribution in [0.2, 0.25) is 0 Å². The van der Waals surface area contributed by atoms with Crippen LogP contribution in [0.15, 0.2) is 24.3 Å². The molecule has 0 atom stereocenters. The van der Waals surface area contributed by atoms with Gasteiger partial charge in [0.05, 0.1) is 5.57 Å². The van der Waals surface area contributed by atoms with Crippen LogP contribution in [0.4, 0.5) is 4.39 Å². The van der Waals surface area contributed by atoms with Crippen LogP contribution in [0.5, 0.6) is 0 Å². The Labute approximate surface area is 122 Å². The van der Waals surface area contributed by atoms with Gasteiger partial charge in [0, 0.05) is 13.0 Å². The highest BCUT2D eigenvalue weighted by Gasteiger charge is 2.17. The molecule has 3 rings (SSSR count). The van der Waals surface area contributed by atoms with E-state index in [1.807, 2.05) is 4.57 Å². The first-order valence-corrected chi connectivity index (χ1v) is 7.08. The average Bonchev–Trinajstić information content (AvgIpc) is 2.73. The van der Waals surface area contributed by atoms with Gasteiger partial charge in [-0.3, -0.25) is 0 Å². The number of benzene rings is 1. The number of aromatic nitrogens is 3. The van der Waals surface area contributed by atoms with Gasteiger partial charge in [0.1, 0.15) is 17.7 Å². The van der Waals surface area contributed by atoms with Crippen LogP contribution >= 0.6 is 0 Å². The van der Waals surface area contributed by atoms with Gasteiger partial charge in [-0.25, -0.2) is 4.39 Å². The molecule has 106 valence electrons. The topological polar surface area (TPSA) is 54.5 Å². The van der Waals surface area contributed by atoms with Gasteiger partial charge in [-0.1, -0.05) is 18.6 Å². The van der Waals surface area contributed by atoms with Crippen molar-refractivity contribution < 1.29 is 4.39 Å². The number of hydrogen-bond acceptors (Lipinski definition) is 3. The predicted octanol–water partition coefficient (Wildman–Crippen LogP) is 3.21. The van der Waals surface area contributed by atoms with E-state index < -0.39 is 0 Å². The van der Waals surface area contributed by atoms with Gasteiger partial charge in [-0.05, 0) is 36.6 Å². The largest absolute Gasteiger partial charge is 0.310 e. The molecule has 0 radical (unpaired) electrons. The normalized spacial score (nSPS) is 15.1. The van der Waals surface area contributed by atoms with Crippen LogP contribution in [-0.4, -0.2) is 14.8 Å². The molecule has 5 heteroatoms. The molecule has 1 aromatic heterocycles. The van der Waals surface area contributed by atoms with E-state index >= 15 is 0 Å². The average molecular weight is 282 g/mol. The zero-order chi connectivity index (χ0) is 14.7. The molecule has 4 nitrogen and oxygen atoms in total. The minimum absolute atomic E-state index is 0.318. The van der Waals surface area contributed by atoms with E-state index in [-0.39, 0.29) is 5.82 Å². The number of fused-ring (bicyclic) bond motifs is 1. The Bertz CT molecular complexity index is 724. The first-order valence-electron chi connectivity index (χ1n) is 7.08. The van der Waals surface area contributed by atoms with Crippen LogP contribution in [-0.2, 0) is 13.0 Å². The van der Waals surface area contributed by atoms with Crippen molar-refractivity contribution in [2.45, 2.75) is 32.2 Å². The molecule has 0 fully saturated rings. The summed E-state index contributed by atoms with van der Waals surface area (Å²) in [7, 11) is 0. The van der Waals surface area contributed by atoms with Gasteiger partial charge in [-0.15, -0.1) is 10.2 Å². The van der Waals surface area contributed by atoms with E-state index in [4.69, 9.17) is 0 Å². The third-order valence-corrected chi connectivity index (χ3v) is 3.63. The second-order valence-corrected chi connectivity index (χ2v) is 5.13. The van der Waals surface area contributed by atoms with Crippen molar-refractivity contribution >= 4 is 11.6 Å². The van der Waals surface area contributed by atoms with E-state index in [1.54, 1.807) is 18.2 Å². The first-order chi connectivity index (χ1) is 10.3. The molecule has 1 aromatic carbocycles. The maximum Gasteiger partial charge on any atom is 0.174 e. The standard InChI is InChI=1S/C16H15FN4/c17-14-6-4-5-12(10-14)9-13(11-18)16-20-19-15-7-2-1-3-8-21(15)16/h4-6,9-10H,1-3,7-8H2/b13-9-. The lowest BCUT2D eigenvalue weighted by molar-refractivity contribution is 0.627. The van der Waals surface area contributed by atoms with E-state index in [1.165, 1.54) is 12.1 Å². The SMILES string of the molecule is N#C/C(=C/c1cccc(F)c1)c1nnc2n1CCCCC2. The fraction of sp³-hybridized carbons (Fsp3) is 0.312. The summed E-state index contributed by atoms with van der Waals surface area (Å²) >= 11 is 0. The maximum absolute atomic E-state index is 13.2. The Morgan fingerprint density at radius 1 is 1.29 bits per heavy atom. The van der Waals surface area contributed by atoms with Gasteiger partial charge >= 0.3 is 0 Å². The maximum atomic E-state index is 13.2. The van der Waals surface area contributed by atoms with E-state index in [0.29, 0.717) is 17.0 Å². The van der Waals surface area contributed by atoms with Crippen molar-refractivity contribution in [2.24, 2.45) is 0 Å². The first kappa shape index (κ1) is 13.5. The smallest absolute Gasteiger partial charge is 0.174 e. The van der Waals surface area contributed by atoms with Crippen LogP contribution in [0, 0.1) is 17.1 Å². The van der Waals surface area contributed by atoms with Gasteiger partial charge < -0.3 is 4.57 Å². The van der Waals surface area contributed by atoms with E-state index in [2.05, 4.69) is 16.3 Å². The van der Waals surface area contributed by atoms with E-state index in [9.17, 15) is 9.65 Å². The molecule has 1 aliphatic heterocycles. The number of allylic oxidation sites excluding steroid dienone is 1. The van der Waals surface area contributed by atoms with Crippen LogP contribution < -0.4 is 0 Å². The second kappa shape index (κ2) is 5.88. The lowest BCUT2D eigenvalue weighted by Gasteiger charge is -2.05. The highest BCUT2D eigenvalue weighted by Crippen LogP contribution is 2.21. The van der Waals surface area contributed by atoms with Crippen molar-refractivity contribution in [3.63, 3.8) is 0 Å². The summed E-state index contributed by atoms with van der Waals surface area (Å²) in [6.07, 6.45) is 5.89. The Hall–Kier alpha value is -2.48. The quantitative estimate of drug-likeness (QED) is 0.795. The van der Waals surface area contributed by atoms with Crippen molar-refractivity contribution in [3.05, 3.63) is 47.3 Å². The van der Waals surface area contributed by atoms with Gasteiger partial charge in [0.2, 0.25) is 0 Å². The fourth-order valence-electron chi connectivity index (χ4n) is 2.59. The van der Waals surface area contributed by atoms with Gasteiger partial charge in [0.25, 0.3) is 0 Å². The number of halogens is 1. The number of nitriles is 1. The Morgan fingerprint density at radius 2 is 2.19 bits per heavy atom. The monoisotopic (exact) mass is 282 g/mol. The van der Waals surface area contributed by atoms with Crippen LogP contribution in [0.3, 0.4) is 0 Å². The molecule has 0 amide bonds. The zero-order valence-electron chi connectivity index (χ0n) is 11.6.